The second kappa shape index (κ2) is 30.1. The molecule has 3 aliphatic carbocycles. The van der Waals surface area contributed by atoms with Crippen LogP contribution in [0.15, 0.2) is 0 Å². The maximum absolute atomic E-state index is 2.48. The second-order valence-corrected chi connectivity index (χ2v) is 50.0. The molecule has 0 atom stereocenters. The highest BCUT2D eigenvalue weighted by atomic mass is 14.5. The van der Waals surface area contributed by atoms with Gasteiger partial charge < -0.3 is 0 Å². The van der Waals surface area contributed by atoms with Gasteiger partial charge in [-0.05, 0) is 896 Å². The van der Waals surface area contributed by atoms with Crippen molar-refractivity contribution in [1.29, 1.82) is 0 Å². The average Bonchev–Trinajstić information content (AvgIpc) is 1.47. The second-order valence-electron chi connectivity index (χ2n) is 50.0. The van der Waals surface area contributed by atoms with Crippen molar-refractivity contribution in [2.75, 3.05) is 0 Å². The van der Waals surface area contributed by atoms with Gasteiger partial charge in [0.05, 0.1) is 0 Å². The molecule has 0 N–H and O–H groups in total. The van der Waals surface area contributed by atoms with Crippen LogP contribution in [0.25, 0.3) is 271 Å². The summed E-state index contributed by atoms with van der Waals surface area (Å²) in [5, 5.41) is 56.8. The standard InChI is InChI=1S/C62H60.C48H48.C40H42/c1-21-25(5)41-26(6)22(2)30(10)44-52-38(18)56-48-35(15)36(16)50-58-40(20)54-46-32(12)24(4)28(8)42-27(7)23(3)31(11)45(60(42)46)53(54)39(19)57(58)49-34(14)33(13)47(61(48)62(49)50)55(56)37(17)51(52)43(29(21)9)59(41)44;1-17-18(2)22(6)34-33(21(17)5)37-25(9)29(13)41-43-31(15)27(11)39-35-23(7)19(3)20(4)24(8)36(35)40-28(12)32(16)44(48(43)46(39)40)42-30(14)26(10)38(34)45(37)47(41)42;1-15-16(2)22(8)31-30(21(15)7)34-25(11)27(13)36-32-23(9)17(3)19(5)29-20(6)18(4)24(10)33(38(29)32)37-28(14)26(12)35(31)39(34)40(36)37/h1-20H3;1-16H3;1-14H3. The van der Waals surface area contributed by atoms with Gasteiger partial charge in [0, 0.05) is 0 Å². The SMILES string of the molecule is Cc1c(C)c(C)c2c(c1C)-c1c(C)c(C)c3c4c(C)c(C)c(C)c5c(C)c(C)c(C)c(c6c(C)c(C)c-2c1c36)c54.Cc1c(C)c(C)c2c(c1C)-c1c(C)c(C)c3c4c(C)c(C)c5c6c(c(C)c(C)c(c7c(C)c(C)c-2c1c37)c64)-c1c(C)c(C)c(C)c(C)c1-5.Cc1c(C)c2c(C)c(C)c(C)c3c4c(C)c5c(c(C)c4c(c1C)c23)c1c(C)c(C)c2c3c(C)c4c(c(C)c3c3c(C)c(C)c5c1c23)c1c(C)c(C)c(C)c2c(C)c(C)c(C)c4c21. The average molecular weight is 1950 g/mol. The zero-order valence-electron chi connectivity index (χ0n) is 100. The van der Waals surface area contributed by atoms with Gasteiger partial charge in [0.1, 0.15) is 0 Å². The molecule has 0 aromatic heterocycles. The first-order valence-electron chi connectivity index (χ1n) is 56.2. The summed E-state index contributed by atoms with van der Waals surface area (Å²) >= 11 is 0. The van der Waals surface area contributed by atoms with Crippen molar-refractivity contribution in [2.24, 2.45) is 0 Å². The Hall–Kier alpha value is -13.0. The smallest absolute Gasteiger partial charge is 0.000793 e. The predicted molar refractivity (Wildman–Crippen MR) is 669 cm³/mol. The molecule has 750 valence electrons. The van der Waals surface area contributed by atoms with Crippen LogP contribution in [0.4, 0.5) is 0 Å². The van der Waals surface area contributed by atoms with Gasteiger partial charge in [0.15, 0.2) is 0 Å². The lowest BCUT2D eigenvalue weighted by atomic mass is 9.76. The number of rotatable bonds is 0. The van der Waals surface area contributed by atoms with Crippen molar-refractivity contribution in [3.8, 4) is 66.8 Å². The molecule has 0 amide bonds. The Morgan fingerprint density at radius 1 is 0.0400 bits per heavy atom. The molecule has 0 heteroatoms. The molecule has 0 spiro atoms. The number of hydrogen-bond donors (Lipinski definition) is 0. The maximum atomic E-state index is 2.48. The molecular weight excluding hydrogens is 1800 g/mol. The summed E-state index contributed by atoms with van der Waals surface area (Å²) in [7, 11) is 0. The predicted octanol–water partition coefficient (Wildman–Crippen LogP) is 44.0. The van der Waals surface area contributed by atoms with Crippen molar-refractivity contribution in [1.82, 2.24) is 0 Å². The zero-order valence-corrected chi connectivity index (χ0v) is 100. The van der Waals surface area contributed by atoms with Crippen LogP contribution >= 0.6 is 0 Å². The van der Waals surface area contributed by atoms with Crippen molar-refractivity contribution in [2.45, 2.75) is 346 Å². The van der Waals surface area contributed by atoms with Crippen LogP contribution in [-0.2, 0) is 0 Å². The molecule has 0 unspecified atom stereocenters. The van der Waals surface area contributed by atoms with E-state index in [0.717, 1.165) is 0 Å². The highest BCUT2D eigenvalue weighted by molar-refractivity contribution is 6.52. The molecule has 0 nitrogen and oxygen atoms in total. The number of fused-ring (bicyclic) bond motifs is 25. The Labute approximate surface area is 889 Å². The molecule has 25 aromatic rings. The third kappa shape index (κ3) is 10.2. The summed E-state index contributed by atoms with van der Waals surface area (Å²) in [5.74, 6) is 0. The molecule has 25 aromatic carbocycles. The monoisotopic (exact) mass is 1950 g/mol. The molecule has 3 aliphatic rings. The van der Waals surface area contributed by atoms with E-state index in [2.05, 4.69) is 346 Å². The molecule has 0 heterocycles. The van der Waals surface area contributed by atoms with E-state index in [1.54, 1.807) is 0 Å². The summed E-state index contributed by atoms with van der Waals surface area (Å²) in [6.07, 6.45) is 0. The Balaban J connectivity index is 0.000000116. The summed E-state index contributed by atoms with van der Waals surface area (Å²) < 4.78 is 0. The van der Waals surface area contributed by atoms with Crippen molar-refractivity contribution < 1.29 is 0 Å². The van der Waals surface area contributed by atoms with Gasteiger partial charge in [-0.1, -0.05) is 0 Å². The molecule has 0 aliphatic heterocycles. The van der Waals surface area contributed by atoms with Gasteiger partial charge >= 0.3 is 0 Å². The Morgan fingerprint density at radius 2 is 0.107 bits per heavy atom. The Bertz CT molecular complexity index is 10100. The lowest BCUT2D eigenvalue weighted by Gasteiger charge is -2.27. The van der Waals surface area contributed by atoms with Crippen molar-refractivity contribution >= 4 is 205 Å². The summed E-state index contributed by atoms with van der Waals surface area (Å²) in [5.41, 5.74) is 90.4. The van der Waals surface area contributed by atoms with Crippen LogP contribution in [0.5, 0.6) is 0 Å². The summed E-state index contributed by atoms with van der Waals surface area (Å²) in [6.45, 7) is 120. The molecular formula is C150H150. The quantitative estimate of drug-likeness (QED) is 0.105. The fraction of sp³-hybridized carbons (Fsp3) is 0.333. The molecule has 28 rings (SSSR count). The van der Waals surface area contributed by atoms with Crippen LogP contribution < -0.4 is 0 Å². The summed E-state index contributed by atoms with van der Waals surface area (Å²) in [6, 6.07) is 0. The van der Waals surface area contributed by atoms with Gasteiger partial charge in [-0.3, -0.25) is 0 Å². The molecule has 0 saturated heterocycles. The molecule has 0 saturated carbocycles. The fourth-order valence-electron chi connectivity index (χ4n) is 34.3. The minimum absolute atomic E-state index is 1.44. The van der Waals surface area contributed by atoms with E-state index >= 15 is 0 Å². The largest absolute Gasteiger partial charge is 0.0443 e. The van der Waals surface area contributed by atoms with E-state index in [1.807, 2.05) is 0 Å². The third-order valence-corrected chi connectivity index (χ3v) is 45.6. The van der Waals surface area contributed by atoms with E-state index < -0.39 is 0 Å². The topological polar surface area (TPSA) is 0 Å². The first kappa shape index (κ1) is 96.6. The number of hydrogen-bond acceptors (Lipinski definition) is 0. The highest BCUT2D eigenvalue weighted by Gasteiger charge is 2.44. The summed E-state index contributed by atoms with van der Waals surface area (Å²) in [4.78, 5) is 0. The minimum Gasteiger partial charge on any atom is -0.0443 e. The zero-order chi connectivity index (χ0) is 108. The first-order chi connectivity index (χ1) is 70.5. The normalized spacial score (nSPS) is 13.0. The Kier molecular flexibility index (Phi) is 19.4. The third-order valence-electron chi connectivity index (χ3n) is 45.6. The molecule has 0 bridgehead atoms. The van der Waals surface area contributed by atoms with Gasteiger partial charge in [-0.2, -0.15) is 0 Å². The Morgan fingerprint density at radius 3 is 0.227 bits per heavy atom. The van der Waals surface area contributed by atoms with E-state index in [4.69, 9.17) is 0 Å². The fourth-order valence-corrected chi connectivity index (χ4v) is 34.3. The van der Waals surface area contributed by atoms with Crippen molar-refractivity contribution in [3.05, 3.63) is 278 Å². The number of aryl methyl sites for hydroxylation is 26. The van der Waals surface area contributed by atoms with Crippen LogP contribution in [0.1, 0.15) is 278 Å². The van der Waals surface area contributed by atoms with Gasteiger partial charge in [-0.25, -0.2) is 0 Å². The molecule has 0 radical (unpaired) electrons. The minimum atomic E-state index is 1.44. The van der Waals surface area contributed by atoms with Gasteiger partial charge in [0.25, 0.3) is 0 Å². The van der Waals surface area contributed by atoms with Crippen LogP contribution in [-0.4, -0.2) is 0 Å². The van der Waals surface area contributed by atoms with Gasteiger partial charge in [-0.15, -0.1) is 0 Å². The van der Waals surface area contributed by atoms with Crippen molar-refractivity contribution in [3.63, 3.8) is 0 Å². The van der Waals surface area contributed by atoms with Crippen LogP contribution in [0.3, 0.4) is 0 Å². The molecule has 150 heavy (non-hydrogen) atoms. The van der Waals surface area contributed by atoms with E-state index in [-0.39, 0.29) is 0 Å². The lowest BCUT2D eigenvalue weighted by Crippen LogP contribution is -2.03. The van der Waals surface area contributed by atoms with Crippen LogP contribution in [0.2, 0.25) is 0 Å². The number of benzene rings is 21. The van der Waals surface area contributed by atoms with E-state index in [0.29, 0.717) is 0 Å². The maximum Gasteiger partial charge on any atom is -0.000793 e. The van der Waals surface area contributed by atoms with Gasteiger partial charge in [0.2, 0.25) is 0 Å². The van der Waals surface area contributed by atoms with E-state index in [9.17, 15) is 0 Å². The molecule has 0 fully saturated rings. The highest BCUT2D eigenvalue weighted by Crippen LogP contribution is 2.69. The van der Waals surface area contributed by atoms with E-state index in [1.165, 1.54) is 550 Å². The van der Waals surface area contributed by atoms with Crippen LogP contribution in [0, 0.1) is 346 Å². The lowest BCUT2D eigenvalue weighted by molar-refractivity contribution is 1.22. The first-order valence-corrected chi connectivity index (χ1v) is 56.2.